The molecular weight excluding hydrogens is 260 g/mol. The highest BCUT2D eigenvalue weighted by atomic mass is 16.5. The van der Waals surface area contributed by atoms with Crippen LogP contribution in [0.2, 0.25) is 0 Å². The van der Waals surface area contributed by atoms with Gasteiger partial charge in [0.15, 0.2) is 0 Å². The first-order valence-corrected chi connectivity index (χ1v) is 7.52. The van der Waals surface area contributed by atoms with E-state index < -0.39 is 0 Å². The maximum absolute atomic E-state index is 5.46. The molecule has 3 nitrogen and oxygen atoms in total. The first-order valence-electron chi connectivity index (χ1n) is 7.52. The second kappa shape index (κ2) is 7.79. The largest absolute Gasteiger partial charge is 0.495 e. The fourth-order valence-electron chi connectivity index (χ4n) is 2.38. The lowest BCUT2D eigenvalue weighted by Gasteiger charge is -2.20. The molecule has 0 fully saturated rings. The number of rotatable bonds is 7. The van der Waals surface area contributed by atoms with Gasteiger partial charge in [-0.1, -0.05) is 36.8 Å². The van der Waals surface area contributed by atoms with E-state index >= 15 is 0 Å². The van der Waals surface area contributed by atoms with Gasteiger partial charge in [-0.3, -0.25) is 4.98 Å². The van der Waals surface area contributed by atoms with Gasteiger partial charge < -0.3 is 10.1 Å². The first kappa shape index (κ1) is 15.5. The van der Waals surface area contributed by atoms with E-state index in [1.54, 1.807) is 7.11 Å². The standard InChI is InChI=1S/C18H24N2O/c1-4-11-19-16(13-15-9-7-14(2)8-10-15)18-17(21-3)6-5-12-20-18/h5-10,12,16,19H,4,11,13H2,1-3H3. The van der Waals surface area contributed by atoms with Crippen LogP contribution in [0.1, 0.15) is 36.2 Å². The van der Waals surface area contributed by atoms with E-state index in [0.717, 1.165) is 30.8 Å². The van der Waals surface area contributed by atoms with Crippen molar-refractivity contribution in [2.45, 2.75) is 32.7 Å². The quantitative estimate of drug-likeness (QED) is 0.842. The van der Waals surface area contributed by atoms with Gasteiger partial charge in [-0.25, -0.2) is 0 Å². The van der Waals surface area contributed by atoms with Crippen LogP contribution in [0.15, 0.2) is 42.6 Å². The molecule has 1 aromatic heterocycles. The number of ether oxygens (including phenoxy) is 1. The zero-order chi connectivity index (χ0) is 15.1. The van der Waals surface area contributed by atoms with E-state index in [-0.39, 0.29) is 6.04 Å². The average Bonchev–Trinajstić information content (AvgIpc) is 2.53. The fourth-order valence-corrected chi connectivity index (χ4v) is 2.38. The van der Waals surface area contributed by atoms with Gasteiger partial charge in [0.25, 0.3) is 0 Å². The summed E-state index contributed by atoms with van der Waals surface area (Å²) in [6, 6.07) is 12.7. The topological polar surface area (TPSA) is 34.2 Å². The first-order chi connectivity index (χ1) is 10.2. The molecule has 112 valence electrons. The molecular formula is C18H24N2O. The van der Waals surface area contributed by atoms with Crippen molar-refractivity contribution in [1.82, 2.24) is 10.3 Å². The Balaban J connectivity index is 2.23. The Labute approximate surface area is 127 Å². The highest BCUT2D eigenvalue weighted by molar-refractivity contribution is 5.31. The minimum absolute atomic E-state index is 0.170. The second-order valence-corrected chi connectivity index (χ2v) is 5.29. The van der Waals surface area contributed by atoms with Gasteiger partial charge in [0.05, 0.1) is 18.8 Å². The van der Waals surface area contributed by atoms with E-state index in [9.17, 15) is 0 Å². The molecule has 1 unspecified atom stereocenters. The molecule has 0 bridgehead atoms. The van der Waals surface area contributed by atoms with Crippen LogP contribution < -0.4 is 10.1 Å². The highest BCUT2D eigenvalue weighted by Crippen LogP contribution is 2.25. The van der Waals surface area contributed by atoms with Crippen LogP contribution in [0.5, 0.6) is 5.75 Å². The van der Waals surface area contributed by atoms with Gasteiger partial charge in [0.2, 0.25) is 0 Å². The number of hydrogen-bond donors (Lipinski definition) is 1. The Morgan fingerprint density at radius 2 is 1.95 bits per heavy atom. The van der Waals surface area contributed by atoms with Crippen LogP contribution in [-0.4, -0.2) is 18.6 Å². The van der Waals surface area contributed by atoms with Gasteiger partial charge in [0, 0.05) is 6.20 Å². The zero-order valence-corrected chi connectivity index (χ0v) is 13.1. The zero-order valence-electron chi connectivity index (χ0n) is 13.1. The van der Waals surface area contributed by atoms with Crippen molar-refractivity contribution in [3.05, 3.63) is 59.4 Å². The summed E-state index contributed by atoms with van der Waals surface area (Å²) in [5.41, 5.74) is 3.57. The third-order valence-electron chi connectivity index (χ3n) is 3.55. The Kier molecular flexibility index (Phi) is 5.76. The van der Waals surface area contributed by atoms with Crippen molar-refractivity contribution in [2.24, 2.45) is 0 Å². The molecule has 2 rings (SSSR count). The molecule has 0 spiro atoms. The molecule has 0 radical (unpaired) electrons. The summed E-state index contributed by atoms with van der Waals surface area (Å²) >= 11 is 0. The van der Waals surface area contributed by atoms with Gasteiger partial charge >= 0.3 is 0 Å². The van der Waals surface area contributed by atoms with E-state index in [1.807, 2.05) is 18.3 Å². The van der Waals surface area contributed by atoms with Gasteiger partial charge in [-0.15, -0.1) is 0 Å². The molecule has 0 saturated heterocycles. The highest BCUT2D eigenvalue weighted by Gasteiger charge is 2.17. The number of aryl methyl sites for hydroxylation is 1. The summed E-state index contributed by atoms with van der Waals surface area (Å²) in [6.07, 6.45) is 3.83. The number of methoxy groups -OCH3 is 1. The summed E-state index contributed by atoms with van der Waals surface area (Å²) in [5.74, 6) is 0.846. The normalized spacial score (nSPS) is 12.1. The van der Waals surface area contributed by atoms with Crippen LogP contribution in [0, 0.1) is 6.92 Å². The number of nitrogens with zero attached hydrogens (tertiary/aromatic N) is 1. The predicted molar refractivity (Wildman–Crippen MR) is 86.7 cm³/mol. The summed E-state index contributed by atoms with van der Waals surface area (Å²) in [6.45, 7) is 5.25. The molecule has 1 heterocycles. The molecule has 2 aromatic rings. The summed E-state index contributed by atoms with van der Waals surface area (Å²) in [4.78, 5) is 4.53. The van der Waals surface area contributed by atoms with Crippen LogP contribution in [0.3, 0.4) is 0 Å². The maximum Gasteiger partial charge on any atom is 0.141 e. The van der Waals surface area contributed by atoms with Crippen molar-refractivity contribution in [3.63, 3.8) is 0 Å². The van der Waals surface area contributed by atoms with Crippen molar-refractivity contribution >= 4 is 0 Å². The van der Waals surface area contributed by atoms with Crippen LogP contribution in [0.4, 0.5) is 0 Å². The number of hydrogen-bond acceptors (Lipinski definition) is 3. The molecule has 1 atom stereocenters. The van der Waals surface area contributed by atoms with Gasteiger partial charge in [0.1, 0.15) is 5.75 Å². The second-order valence-electron chi connectivity index (χ2n) is 5.29. The molecule has 1 N–H and O–H groups in total. The molecule has 0 amide bonds. The molecule has 1 aromatic carbocycles. The summed E-state index contributed by atoms with van der Waals surface area (Å²) < 4.78 is 5.46. The molecule has 0 saturated carbocycles. The minimum Gasteiger partial charge on any atom is -0.495 e. The molecule has 21 heavy (non-hydrogen) atoms. The lowest BCUT2D eigenvalue weighted by molar-refractivity contribution is 0.393. The monoisotopic (exact) mass is 284 g/mol. The van der Waals surface area contributed by atoms with Gasteiger partial charge in [-0.05, 0) is 44.0 Å². The Morgan fingerprint density at radius 1 is 1.19 bits per heavy atom. The van der Waals surface area contributed by atoms with Crippen molar-refractivity contribution in [1.29, 1.82) is 0 Å². The Morgan fingerprint density at radius 3 is 2.62 bits per heavy atom. The summed E-state index contributed by atoms with van der Waals surface area (Å²) in [5, 5.41) is 3.58. The van der Waals surface area contributed by atoms with Crippen molar-refractivity contribution < 1.29 is 4.74 Å². The van der Waals surface area contributed by atoms with E-state index in [2.05, 4.69) is 48.4 Å². The third-order valence-corrected chi connectivity index (χ3v) is 3.55. The summed E-state index contributed by atoms with van der Waals surface area (Å²) in [7, 11) is 1.70. The lowest BCUT2D eigenvalue weighted by atomic mass is 10.0. The Hall–Kier alpha value is -1.87. The van der Waals surface area contributed by atoms with E-state index in [1.165, 1.54) is 11.1 Å². The van der Waals surface area contributed by atoms with Crippen LogP contribution in [0.25, 0.3) is 0 Å². The number of nitrogens with one attached hydrogen (secondary N) is 1. The van der Waals surface area contributed by atoms with E-state index in [0.29, 0.717) is 0 Å². The minimum atomic E-state index is 0.170. The molecule has 0 aliphatic heterocycles. The fraction of sp³-hybridized carbons (Fsp3) is 0.389. The third kappa shape index (κ3) is 4.30. The SMILES string of the molecule is CCCNC(Cc1ccc(C)cc1)c1ncccc1OC. The van der Waals surface area contributed by atoms with Gasteiger partial charge in [-0.2, -0.15) is 0 Å². The molecule has 0 aliphatic rings. The van der Waals surface area contributed by atoms with Crippen LogP contribution in [-0.2, 0) is 6.42 Å². The van der Waals surface area contributed by atoms with E-state index in [4.69, 9.17) is 4.74 Å². The lowest BCUT2D eigenvalue weighted by Crippen LogP contribution is -2.25. The molecule has 3 heteroatoms. The number of pyridine rings is 1. The molecule has 0 aliphatic carbocycles. The number of aromatic nitrogens is 1. The van der Waals surface area contributed by atoms with Crippen LogP contribution >= 0.6 is 0 Å². The maximum atomic E-state index is 5.46. The predicted octanol–water partition coefficient (Wildman–Crippen LogP) is 3.68. The van der Waals surface area contributed by atoms with Crippen molar-refractivity contribution in [3.8, 4) is 5.75 Å². The van der Waals surface area contributed by atoms with Crippen molar-refractivity contribution in [2.75, 3.05) is 13.7 Å². The number of benzene rings is 1. The Bertz CT molecular complexity index is 551. The smallest absolute Gasteiger partial charge is 0.141 e. The average molecular weight is 284 g/mol.